The maximum atomic E-state index is 12.6. The van der Waals surface area contributed by atoms with E-state index in [0.29, 0.717) is 13.1 Å². The summed E-state index contributed by atoms with van der Waals surface area (Å²) >= 11 is 0. The highest BCUT2D eigenvalue weighted by Gasteiger charge is 2.26. The second-order valence-corrected chi connectivity index (χ2v) is 7.63. The lowest BCUT2D eigenvalue weighted by atomic mass is 10.1. The Bertz CT molecular complexity index is 875. The van der Waals surface area contributed by atoms with Gasteiger partial charge in [-0.1, -0.05) is 60.2 Å². The molecule has 1 aliphatic rings. The van der Waals surface area contributed by atoms with Crippen LogP contribution >= 0.6 is 0 Å². The number of aryl methyl sites for hydroxylation is 3. The second kappa shape index (κ2) is 9.52. The molecule has 0 atom stereocenters. The van der Waals surface area contributed by atoms with Crippen LogP contribution in [-0.2, 0) is 9.59 Å². The Morgan fingerprint density at radius 2 is 1.59 bits per heavy atom. The molecule has 0 radical (unpaired) electrons. The number of nitrogens with zero attached hydrogens (tertiary/aromatic N) is 2. The molecular formula is C24H29N3O2. The highest BCUT2D eigenvalue weighted by atomic mass is 16.2. The van der Waals surface area contributed by atoms with Crippen LogP contribution in [0.5, 0.6) is 0 Å². The number of amides is 2. The van der Waals surface area contributed by atoms with Crippen LogP contribution < -0.4 is 5.32 Å². The fraction of sp³-hybridized carbons (Fsp3) is 0.333. The minimum Gasteiger partial charge on any atom is -0.332 e. The lowest BCUT2D eigenvalue weighted by Gasteiger charge is -2.33. The summed E-state index contributed by atoms with van der Waals surface area (Å²) in [4.78, 5) is 29.0. The summed E-state index contributed by atoms with van der Waals surface area (Å²) in [6, 6.07) is 14.2. The molecule has 2 aromatic carbocycles. The first-order valence-corrected chi connectivity index (χ1v) is 10.1. The highest BCUT2D eigenvalue weighted by Crippen LogP contribution is 2.22. The average molecular weight is 392 g/mol. The molecule has 1 heterocycles. The summed E-state index contributed by atoms with van der Waals surface area (Å²) in [5.41, 5.74) is 5.00. The quantitative estimate of drug-likeness (QED) is 0.813. The van der Waals surface area contributed by atoms with Gasteiger partial charge in [-0.2, -0.15) is 0 Å². The van der Waals surface area contributed by atoms with Crippen molar-refractivity contribution in [3.8, 4) is 0 Å². The van der Waals surface area contributed by atoms with Crippen molar-refractivity contribution in [2.75, 3.05) is 38.0 Å². The van der Waals surface area contributed by atoms with Crippen molar-refractivity contribution in [2.24, 2.45) is 0 Å². The van der Waals surface area contributed by atoms with Gasteiger partial charge in [0.25, 0.3) is 0 Å². The van der Waals surface area contributed by atoms with Crippen molar-refractivity contribution in [3.63, 3.8) is 0 Å². The summed E-state index contributed by atoms with van der Waals surface area (Å²) in [5, 5.41) is 2.81. The van der Waals surface area contributed by atoms with Crippen molar-refractivity contribution in [1.82, 2.24) is 9.80 Å². The number of piperazine rings is 1. The second-order valence-electron chi connectivity index (χ2n) is 7.63. The average Bonchev–Trinajstić information content (AvgIpc) is 2.71. The third-order valence-electron chi connectivity index (χ3n) is 5.24. The Morgan fingerprint density at radius 3 is 2.21 bits per heavy atom. The molecule has 2 amide bonds. The zero-order chi connectivity index (χ0) is 20.8. The fourth-order valence-electron chi connectivity index (χ4n) is 3.72. The van der Waals surface area contributed by atoms with Crippen molar-refractivity contribution in [2.45, 2.75) is 20.8 Å². The molecule has 1 fully saturated rings. The molecule has 0 aliphatic carbocycles. The number of anilines is 1. The summed E-state index contributed by atoms with van der Waals surface area (Å²) in [7, 11) is 0. The predicted molar refractivity (Wildman–Crippen MR) is 118 cm³/mol. The van der Waals surface area contributed by atoms with Gasteiger partial charge in [-0.3, -0.25) is 14.5 Å². The Morgan fingerprint density at radius 1 is 0.966 bits per heavy atom. The Hall–Kier alpha value is -2.92. The van der Waals surface area contributed by atoms with Crippen LogP contribution in [0.1, 0.15) is 22.3 Å². The van der Waals surface area contributed by atoms with Gasteiger partial charge in [-0.25, -0.2) is 0 Å². The lowest BCUT2D eigenvalue weighted by Crippen LogP contribution is -2.51. The van der Waals surface area contributed by atoms with Crippen molar-refractivity contribution in [1.29, 1.82) is 0 Å². The highest BCUT2D eigenvalue weighted by molar-refractivity contribution is 6.39. The van der Waals surface area contributed by atoms with Gasteiger partial charge in [0.2, 0.25) is 0 Å². The van der Waals surface area contributed by atoms with Gasteiger partial charge in [-0.05, 0) is 37.5 Å². The Balaban J connectivity index is 1.49. The van der Waals surface area contributed by atoms with Crippen LogP contribution in [0.4, 0.5) is 5.69 Å². The van der Waals surface area contributed by atoms with Gasteiger partial charge >= 0.3 is 11.8 Å². The summed E-state index contributed by atoms with van der Waals surface area (Å²) in [5.74, 6) is -1.01. The molecule has 0 saturated carbocycles. The molecule has 0 unspecified atom stereocenters. The van der Waals surface area contributed by atoms with Crippen molar-refractivity contribution < 1.29 is 9.59 Å². The van der Waals surface area contributed by atoms with E-state index in [-0.39, 0.29) is 0 Å². The van der Waals surface area contributed by atoms with Crippen molar-refractivity contribution >= 4 is 23.6 Å². The van der Waals surface area contributed by atoms with Gasteiger partial charge in [0.15, 0.2) is 0 Å². The molecule has 0 bridgehead atoms. The predicted octanol–water partition coefficient (Wildman–Crippen LogP) is 3.41. The minimum atomic E-state index is -0.558. The molecule has 3 rings (SSSR count). The zero-order valence-corrected chi connectivity index (χ0v) is 17.4. The molecule has 2 aromatic rings. The van der Waals surface area contributed by atoms with Gasteiger partial charge in [0.05, 0.1) is 0 Å². The van der Waals surface area contributed by atoms with Crippen molar-refractivity contribution in [3.05, 3.63) is 70.8 Å². The fourth-order valence-corrected chi connectivity index (χ4v) is 3.72. The van der Waals surface area contributed by atoms with Gasteiger partial charge in [0, 0.05) is 38.4 Å². The normalized spacial score (nSPS) is 14.9. The maximum absolute atomic E-state index is 12.6. The van der Waals surface area contributed by atoms with E-state index >= 15 is 0 Å². The van der Waals surface area contributed by atoms with E-state index in [1.807, 2.05) is 51.1 Å². The number of hydrogen-bond donors (Lipinski definition) is 1. The van der Waals surface area contributed by atoms with E-state index in [1.165, 1.54) is 5.56 Å². The standard InChI is InChI=1S/C24H29N3O2/c1-18-16-19(2)22(20(3)17-18)25-23(28)24(29)27-14-12-26(13-15-27)11-7-10-21-8-5-4-6-9-21/h4-10,16-17H,11-15H2,1-3H3,(H,25,28)/b10-7+. The first kappa shape index (κ1) is 20.8. The monoisotopic (exact) mass is 391 g/mol. The number of benzene rings is 2. The lowest BCUT2D eigenvalue weighted by molar-refractivity contribution is -0.144. The SMILES string of the molecule is Cc1cc(C)c(NC(=O)C(=O)N2CCN(C/C=C/c3ccccc3)CC2)c(C)c1. The molecule has 1 N–H and O–H groups in total. The van der Waals surface area contributed by atoms with Crippen LogP contribution in [0.15, 0.2) is 48.5 Å². The molecule has 5 nitrogen and oxygen atoms in total. The first-order chi connectivity index (χ1) is 13.9. The zero-order valence-electron chi connectivity index (χ0n) is 17.4. The third-order valence-corrected chi connectivity index (χ3v) is 5.24. The first-order valence-electron chi connectivity index (χ1n) is 10.1. The number of rotatable bonds is 4. The van der Waals surface area contributed by atoms with E-state index in [0.717, 1.165) is 42.0 Å². The van der Waals surface area contributed by atoms with E-state index < -0.39 is 11.8 Å². The van der Waals surface area contributed by atoms with Gasteiger partial charge in [-0.15, -0.1) is 0 Å². The number of carbonyl (C=O) groups excluding carboxylic acids is 2. The summed E-state index contributed by atoms with van der Waals surface area (Å²) < 4.78 is 0. The van der Waals surface area contributed by atoms with E-state index in [4.69, 9.17) is 0 Å². The van der Waals surface area contributed by atoms with E-state index in [2.05, 4.69) is 34.5 Å². The van der Waals surface area contributed by atoms with Crippen LogP contribution in [0.3, 0.4) is 0 Å². The van der Waals surface area contributed by atoms with E-state index in [9.17, 15) is 9.59 Å². The van der Waals surface area contributed by atoms with E-state index in [1.54, 1.807) is 4.90 Å². The van der Waals surface area contributed by atoms with Crippen LogP contribution in [-0.4, -0.2) is 54.3 Å². The largest absolute Gasteiger partial charge is 0.332 e. The number of hydrogen-bond acceptors (Lipinski definition) is 3. The smallest absolute Gasteiger partial charge is 0.313 e. The summed E-state index contributed by atoms with van der Waals surface area (Å²) in [6.07, 6.45) is 4.25. The molecule has 29 heavy (non-hydrogen) atoms. The molecule has 1 aliphatic heterocycles. The molecule has 0 aromatic heterocycles. The van der Waals surface area contributed by atoms with Gasteiger partial charge < -0.3 is 10.2 Å². The Labute approximate surface area is 173 Å². The molecule has 152 valence electrons. The van der Waals surface area contributed by atoms with Crippen LogP contribution in [0.25, 0.3) is 6.08 Å². The molecule has 1 saturated heterocycles. The van der Waals surface area contributed by atoms with Gasteiger partial charge in [0.1, 0.15) is 0 Å². The topological polar surface area (TPSA) is 52.7 Å². The minimum absolute atomic E-state index is 0.455. The number of carbonyl (C=O) groups is 2. The maximum Gasteiger partial charge on any atom is 0.313 e. The third kappa shape index (κ3) is 5.55. The number of nitrogens with one attached hydrogen (secondary N) is 1. The Kier molecular flexibility index (Phi) is 6.83. The summed E-state index contributed by atoms with van der Waals surface area (Å²) in [6.45, 7) is 9.41. The molecular weight excluding hydrogens is 362 g/mol. The molecule has 5 heteroatoms. The van der Waals surface area contributed by atoms with Crippen LogP contribution in [0, 0.1) is 20.8 Å². The molecule has 0 spiro atoms. The van der Waals surface area contributed by atoms with Crippen LogP contribution in [0.2, 0.25) is 0 Å².